The molecule has 7 N–H and O–H groups in total. The van der Waals surface area contributed by atoms with Crippen molar-refractivity contribution < 1.29 is 66.8 Å². The first kappa shape index (κ1) is 42.6. The number of nitrogens with one attached hydrogen (secondary N) is 3. The molecular weight excluding hydrogens is 718 g/mol. The zero-order chi connectivity index (χ0) is 40.2. The zero-order valence-corrected chi connectivity index (χ0v) is 27.9. The summed E-state index contributed by atoms with van der Waals surface area (Å²) in [5.41, 5.74) is 1.59. The second kappa shape index (κ2) is 18.6. The van der Waals surface area contributed by atoms with Crippen LogP contribution in [-0.4, -0.2) is 90.9 Å². The first-order chi connectivity index (χ1) is 24.6. The van der Waals surface area contributed by atoms with E-state index >= 15 is 4.39 Å². The number of rotatable bonds is 15. The van der Waals surface area contributed by atoms with Gasteiger partial charge in [-0.25, -0.2) is 23.8 Å². The van der Waals surface area contributed by atoms with Crippen LogP contribution in [0.5, 0.6) is 0 Å². The van der Waals surface area contributed by atoms with Crippen LogP contribution in [0, 0.1) is 32.0 Å². The monoisotopic (exact) mass is 751 g/mol. The van der Waals surface area contributed by atoms with Crippen LogP contribution >= 0.6 is 0 Å². The van der Waals surface area contributed by atoms with E-state index in [4.69, 9.17) is 21.4 Å². The van der Waals surface area contributed by atoms with Crippen LogP contribution in [0.2, 0.25) is 0 Å². The third-order valence-corrected chi connectivity index (χ3v) is 7.27. The maximum Gasteiger partial charge on any atom is 0.490 e. The molecule has 1 heterocycles. The summed E-state index contributed by atoms with van der Waals surface area (Å²) in [6, 6.07) is 3.96. The lowest BCUT2D eigenvalue weighted by Gasteiger charge is -2.24. The minimum Gasteiger partial charge on any atom is -0.481 e. The van der Waals surface area contributed by atoms with Crippen molar-refractivity contribution in [2.75, 3.05) is 11.4 Å². The number of benzene rings is 2. The first-order valence-corrected chi connectivity index (χ1v) is 15.2. The number of aliphatic carboxylic acids is 4. The third-order valence-electron chi connectivity index (χ3n) is 7.27. The Morgan fingerprint density at radius 1 is 0.943 bits per heavy atom. The summed E-state index contributed by atoms with van der Waals surface area (Å²) >= 11 is 0. The molecule has 2 atom stereocenters. The predicted molar refractivity (Wildman–Crippen MR) is 176 cm³/mol. The quantitative estimate of drug-likeness (QED) is 0.0871. The van der Waals surface area contributed by atoms with Gasteiger partial charge in [-0.05, 0) is 68.1 Å². The van der Waals surface area contributed by atoms with Crippen molar-refractivity contribution in [2.45, 2.75) is 64.3 Å². The maximum atomic E-state index is 15.2. The van der Waals surface area contributed by atoms with Crippen LogP contribution in [0.3, 0.4) is 0 Å². The van der Waals surface area contributed by atoms with E-state index in [2.05, 4.69) is 26.5 Å². The topological polar surface area (TPSA) is 256 Å². The van der Waals surface area contributed by atoms with Crippen LogP contribution in [0.15, 0.2) is 35.1 Å². The van der Waals surface area contributed by atoms with E-state index in [1.54, 1.807) is 24.0 Å². The van der Waals surface area contributed by atoms with Gasteiger partial charge in [-0.1, -0.05) is 5.92 Å². The zero-order valence-electron chi connectivity index (χ0n) is 27.9. The summed E-state index contributed by atoms with van der Waals surface area (Å²) in [4.78, 5) is 88.8. The number of hydrogen-bond donors (Lipinski definition) is 7. The number of nitrogens with zero attached hydrogens (tertiary/aromatic N) is 2. The molecule has 0 radical (unpaired) electrons. The lowest BCUT2D eigenvalue weighted by Crippen LogP contribution is -2.44. The molecule has 0 aliphatic rings. The molecule has 3 rings (SSSR count). The van der Waals surface area contributed by atoms with Crippen molar-refractivity contribution in [1.82, 2.24) is 20.6 Å². The molecule has 0 unspecified atom stereocenters. The Morgan fingerprint density at radius 2 is 1.53 bits per heavy atom. The van der Waals surface area contributed by atoms with E-state index in [0.29, 0.717) is 22.4 Å². The number of H-pyrrole nitrogens is 1. The minimum absolute atomic E-state index is 0.0488. The molecule has 1 aromatic heterocycles. The lowest BCUT2D eigenvalue weighted by molar-refractivity contribution is -0.192. The molecule has 0 bridgehead atoms. The SMILES string of the molecule is C#CCN(Cc1cc2c(=O)[nH]c(C)nc2cc1C)c1ccc(C(=O)N[C@@H](CCC(=O)N[C@H](CCC(=O)O)C(=O)O)C(=O)O)c(F)c1.O=C(O)C(F)(F)F. The van der Waals surface area contributed by atoms with Gasteiger partial charge in [-0.15, -0.1) is 6.42 Å². The number of halogens is 4. The maximum absolute atomic E-state index is 15.2. The number of carbonyl (C=O) groups is 6. The van der Waals surface area contributed by atoms with E-state index in [-0.39, 0.29) is 25.1 Å². The van der Waals surface area contributed by atoms with Crippen molar-refractivity contribution in [2.24, 2.45) is 0 Å². The number of carboxylic acids is 4. The van der Waals surface area contributed by atoms with Gasteiger partial charge in [0.1, 0.15) is 23.7 Å². The molecule has 3 aromatic rings. The molecular formula is C33H33F4N5O11. The van der Waals surface area contributed by atoms with E-state index in [9.17, 15) is 52.2 Å². The number of aromatic nitrogens is 2. The number of amides is 2. The molecule has 0 spiro atoms. The fraction of sp³-hybridized carbons (Fsp3) is 0.333. The van der Waals surface area contributed by atoms with Gasteiger partial charge in [0.2, 0.25) is 5.91 Å². The molecule has 2 amide bonds. The standard InChI is InChI=1S/C31H32FN5O9.C2HF3O2/c1-4-11-37(15-18-13-21-25(12-16(18)2)33-17(3)34-29(21)42)19-5-6-20(22(32)14-19)28(41)36-24(31(45)46)7-9-26(38)35-23(30(43)44)8-10-27(39)40;3-2(4,5)1(6)7/h1,5-6,12-14,23-24H,7-11,15H2,2-3H3,(H,35,38)(H,36,41)(H,39,40)(H,43,44)(H,45,46)(H,33,34,42);(H,6,7)/t23-,24+;/m1./s1. The van der Waals surface area contributed by atoms with Gasteiger partial charge >= 0.3 is 30.1 Å². The average Bonchev–Trinajstić information content (AvgIpc) is 3.04. The number of hydrogen-bond acceptors (Lipinski definition) is 9. The summed E-state index contributed by atoms with van der Waals surface area (Å²) in [6.07, 6.45) is -1.41. The Balaban J connectivity index is 0.00000126. The van der Waals surface area contributed by atoms with Crippen LogP contribution in [0.4, 0.5) is 23.2 Å². The third kappa shape index (κ3) is 13.0. The van der Waals surface area contributed by atoms with Gasteiger partial charge in [0.05, 0.1) is 23.0 Å². The minimum atomic E-state index is -5.08. The molecule has 0 aliphatic heterocycles. The van der Waals surface area contributed by atoms with Crippen molar-refractivity contribution in [3.05, 3.63) is 69.0 Å². The van der Waals surface area contributed by atoms with Crippen molar-refractivity contribution in [3.8, 4) is 12.3 Å². The van der Waals surface area contributed by atoms with Crippen LogP contribution < -0.4 is 21.1 Å². The highest BCUT2D eigenvalue weighted by Gasteiger charge is 2.38. The number of carbonyl (C=O) groups excluding carboxylic acids is 2. The molecule has 0 aliphatic carbocycles. The molecule has 0 fully saturated rings. The number of alkyl halides is 3. The van der Waals surface area contributed by atoms with Crippen molar-refractivity contribution >= 4 is 52.3 Å². The second-order valence-electron chi connectivity index (χ2n) is 11.3. The second-order valence-corrected chi connectivity index (χ2v) is 11.3. The summed E-state index contributed by atoms with van der Waals surface area (Å²) < 4.78 is 47.0. The number of fused-ring (bicyclic) bond motifs is 1. The van der Waals surface area contributed by atoms with Gasteiger partial charge < -0.3 is 40.9 Å². The Kier molecular flexibility index (Phi) is 15.0. The summed E-state index contributed by atoms with van der Waals surface area (Å²) in [5, 5.41) is 39.2. The van der Waals surface area contributed by atoms with Crippen molar-refractivity contribution in [1.29, 1.82) is 0 Å². The number of aryl methyl sites for hydroxylation is 2. The normalized spacial score (nSPS) is 11.9. The highest BCUT2D eigenvalue weighted by molar-refractivity contribution is 5.97. The smallest absolute Gasteiger partial charge is 0.481 e. The molecule has 2 aromatic carbocycles. The summed E-state index contributed by atoms with van der Waals surface area (Å²) in [6.45, 7) is 3.74. The van der Waals surface area contributed by atoms with Crippen LogP contribution in [-0.2, 0) is 30.5 Å². The fourth-order valence-corrected chi connectivity index (χ4v) is 4.62. The Morgan fingerprint density at radius 3 is 2.06 bits per heavy atom. The predicted octanol–water partition coefficient (Wildman–Crippen LogP) is 2.35. The lowest BCUT2D eigenvalue weighted by atomic mass is 10.0. The van der Waals surface area contributed by atoms with Gasteiger partial charge in [-0.2, -0.15) is 13.2 Å². The van der Waals surface area contributed by atoms with E-state index in [0.717, 1.165) is 23.3 Å². The van der Waals surface area contributed by atoms with Gasteiger partial charge in [-0.3, -0.25) is 19.2 Å². The molecule has 20 heteroatoms. The van der Waals surface area contributed by atoms with Gasteiger partial charge in [0.15, 0.2) is 0 Å². The fourth-order valence-electron chi connectivity index (χ4n) is 4.62. The molecule has 16 nitrogen and oxygen atoms in total. The average molecular weight is 752 g/mol. The highest BCUT2D eigenvalue weighted by Crippen LogP contribution is 2.24. The number of carboxylic acid groups (broad SMARTS) is 4. The van der Waals surface area contributed by atoms with Crippen LogP contribution in [0.25, 0.3) is 10.9 Å². The van der Waals surface area contributed by atoms with Crippen LogP contribution in [0.1, 0.15) is 53.0 Å². The van der Waals surface area contributed by atoms with E-state index in [1.165, 1.54) is 6.07 Å². The van der Waals surface area contributed by atoms with E-state index in [1.807, 2.05) is 6.92 Å². The first-order valence-electron chi connectivity index (χ1n) is 15.2. The van der Waals surface area contributed by atoms with Crippen molar-refractivity contribution in [3.63, 3.8) is 0 Å². The Labute approximate surface area is 296 Å². The number of aromatic amines is 1. The molecule has 0 saturated carbocycles. The molecule has 0 saturated heterocycles. The van der Waals surface area contributed by atoms with Gasteiger partial charge in [0, 0.05) is 25.1 Å². The summed E-state index contributed by atoms with van der Waals surface area (Å²) in [5.74, 6) is -6.96. The molecule has 53 heavy (non-hydrogen) atoms. The highest BCUT2D eigenvalue weighted by atomic mass is 19.4. The largest absolute Gasteiger partial charge is 0.490 e. The summed E-state index contributed by atoms with van der Waals surface area (Å²) in [7, 11) is 0. The molecule has 284 valence electrons. The Hall–Kier alpha value is -6.52. The number of anilines is 1. The van der Waals surface area contributed by atoms with Gasteiger partial charge in [0.25, 0.3) is 11.5 Å². The Bertz CT molecular complexity index is 1990. The van der Waals surface area contributed by atoms with E-state index < -0.39 is 84.6 Å². The number of terminal acetylenes is 1.